The Morgan fingerprint density at radius 2 is 2.11 bits per heavy atom. The summed E-state index contributed by atoms with van der Waals surface area (Å²) >= 11 is 0. The van der Waals surface area contributed by atoms with Crippen LogP contribution in [0.3, 0.4) is 0 Å². The van der Waals surface area contributed by atoms with Crippen molar-refractivity contribution in [3.63, 3.8) is 0 Å². The largest absolute Gasteiger partial charge is 0.493 e. The smallest absolute Gasteiger partial charge is 0.269 e. The molecule has 0 unspecified atom stereocenters. The number of methoxy groups -OCH3 is 1. The topological polar surface area (TPSA) is 96.9 Å². The number of aromatic nitrogens is 2. The first-order valence-electron chi connectivity index (χ1n) is 11.9. The van der Waals surface area contributed by atoms with Gasteiger partial charge in [-0.1, -0.05) is 6.92 Å². The molecule has 2 amide bonds. The third kappa shape index (κ3) is 4.22. The summed E-state index contributed by atoms with van der Waals surface area (Å²) in [7, 11) is 3.20. The van der Waals surface area contributed by atoms with E-state index < -0.39 is 0 Å². The van der Waals surface area contributed by atoms with E-state index >= 15 is 0 Å². The second kappa shape index (κ2) is 9.40. The molecule has 3 aromatic rings. The lowest BCUT2D eigenvalue weighted by Gasteiger charge is -2.43. The van der Waals surface area contributed by atoms with Gasteiger partial charge in [0.05, 0.1) is 42.7 Å². The number of benzene rings is 1. The van der Waals surface area contributed by atoms with Crippen molar-refractivity contribution in [1.29, 1.82) is 0 Å². The Bertz CT molecular complexity index is 1280. The van der Waals surface area contributed by atoms with Crippen molar-refractivity contribution in [2.24, 2.45) is 0 Å². The van der Waals surface area contributed by atoms with Crippen molar-refractivity contribution in [1.82, 2.24) is 20.2 Å². The van der Waals surface area contributed by atoms with Crippen LogP contribution in [0.1, 0.15) is 39.8 Å². The maximum Gasteiger partial charge on any atom is 0.269 e. The Balaban J connectivity index is 1.41. The summed E-state index contributed by atoms with van der Waals surface area (Å²) in [5.41, 5.74) is 3.58. The normalized spacial score (nSPS) is 17.7. The number of carbonyl (C=O) groups is 2. The van der Waals surface area contributed by atoms with E-state index in [-0.39, 0.29) is 17.9 Å². The molecule has 4 heterocycles. The van der Waals surface area contributed by atoms with E-state index in [1.54, 1.807) is 26.4 Å². The SMILES string of the molecule is CCc1cc2cc3c(cc2nc1OC)C(=O)N1CCN(c2ccc(C(=O)NC)nc2)C[C@@H]1CCO3. The van der Waals surface area contributed by atoms with Crippen LogP contribution in [0.15, 0.2) is 36.5 Å². The van der Waals surface area contributed by atoms with Crippen LogP contribution >= 0.6 is 0 Å². The van der Waals surface area contributed by atoms with Gasteiger partial charge in [-0.25, -0.2) is 9.97 Å². The molecule has 35 heavy (non-hydrogen) atoms. The highest BCUT2D eigenvalue weighted by atomic mass is 16.5. The number of pyridine rings is 2. The van der Waals surface area contributed by atoms with Gasteiger partial charge in [0, 0.05) is 44.1 Å². The van der Waals surface area contributed by atoms with E-state index in [0.29, 0.717) is 54.6 Å². The highest BCUT2D eigenvalue weighted by molar-refractivity contribution is 6.01. The Hall–Kier alpha value is -3.88. The fraction of sp³-hybridized carbons (Fsp3) is 0.385. The van der Waals surface area contributed by atoms with Crippen LogP contribution < -0.4 is 19.7 Å². The van der Waals surface area contributed by atoms with E-state index in [1.807, 2.05) is 23.1 Å². The minimum absolute atomic E-state index is 0.00340. The van der Waals surface area contributed by atoms with Crippen molar-refractivity contribution in [2.45, 2.75) is 25.8 Å². The predicted octanol–water partition coefficient (Wildman–Crippen LogP) is 2.67. The number of nitrogens with one attached hydrogen (secondary N) is 1. The number of piperazine rings is 1. The van der Waals surface area contributed by atoms with Crippen molar-refractivity contribution in [3.05, 3.63) is 53.3 Å². The van der Waals surface area contributed by atoms with Crippen molar-refractivity contribution >= 4 is 28.4 Å². The average Bonchev–Trinajstić information content (AvgIpc) is 2.90. The molecule has 2 aromatic heterocycles. The maximum absolute atomic E-state index is 13.7. The molecular formula is C26H29N5O4. The zero-order chi connectivity index (χ0) is 24.5. The fourth-order valence-corrected chi connectivity index (χ4v) is 4.84. The van der Waals surface area contributed by atoms with E-state index in [1.165, 1.54) is 0 Å². The molecule has 2 aliphatic heterocycles. The zero-order valence-electron chi connectivity index (χ0n) is 20.2. The summed E-state index contributed by atoms with van der Waals surface area (Å²) in [5, 5.41) is 3.52. The van der Waals surface area contributed by atoms with Gasteiger partial charge in [-0.3, -0.25) is 9.59 Å². The quantitative estimate of drug-likeness (QED) is 0.620. The van der Waals surface area contributed by atoms with Gasteiger partial charge < -0.3 is 24.6 Å². The standard InChI is InChI=1S/C26H29N5O4/c1-4-16-11-17-12-23-20(13-22(17)29-25(16)34-3)26(33)31-9-8-30(15-19(31)7-10-35-23)18-5-6-21(28-14-18)24(32)27-2/h5-6,11-14,19H,4,7-10,15H2,1-3H3,(H,27,32)/t19-/m0/s1. The van der Waals surface area contributed by atoms with Gasteiger partial charge in [-0.05, 0) is 36.8 Å². The van der Waals surface area contributed by atoms with E-state index in [2.05, 4.69) is 33.2 Å². The molecule has 1 fully saturated rings. The molecule has 0 aliphatic carbocycles. The molecule has 0 radical (unpaired) electrons. The lowest BCUT2D eigenvalue weighted by molar-refractivity contribution is 0.0600. The molecule has 1 atom stereocenters. The average molecular weight is 476 g/mol. The highest BCUT2D eigenvalue weighted by Gasteiger charge is 2.34. The predicted molar refractivity (Wildman–Crippen MR) is 132 cm³/mol. The third-order valence-electron chi connectivity index (χ3n) is 6.78. The lowest BCUT2D eigenvalue weighted by Crippen LogP contribution is -2.56. The van der Waals surface area contributed by atoms with Crippen LogP contribution in [0.25, 0.3) is 10.9 Å². The third-order valence-corrected chi connectivity index (χ3v) is 6.78. The van der Waals surface area contributed by atoms with E-state index in [0.717, 1.165) is 29.5 Å². The summed E-state index contributed by atoms with van der Waals surface area (Å²) in [6.07, 6.45) is 3.25. The number of hydrogen-bond acceptors (Lipinski definition) is 7. The van der Waals surface area contributed by atoms with Crippen LogP contribution in [0.4, 0.5) is 5.69 Å². The summed E-state index contributed by atoms with van der Waals surface area (Å²) in [4.78, 5) is 38.5. The molecule has 5 rings (SSSR count). The molecule has 1 N–H and O–H groups in total. The van der Waals surface area contributed by atoms with Crippen LogP contribution in [-0.4, -0.2) is 73.1 Å². The Morgan fingerprint density at radius 1 is 1.26 bits per heavy atom. The number of carbonyl (C=O) groups excluding carboxylic acids is 2. The van der Waals surface area contributed by atoms with Gasteiger partial charge in [-0.2, -0.15) is 0 Å². The number of fused-ring (bicyclic) bond motifs is 3. The van der Waals surface area contributed by atoms with Gasteiger partial charge in [0.15, 0.2) is 0 Å². The number of nitrogens with zero attached hydrogens (tertiary/aromatic N) is 4. The molecule has 2 aliphatic rings. The number of ether oxygens (including phenoxy) is 2. The highest BCUT2D eigenvalue weighted by Crippen LogP contribution is 2.33. The fourth-order valence-electron chi connectivity index (χ4n) is 4.84. The molecule has 0 bridgehead atoms. The van der Waals surface area contributed by atoms with Crippen molar-refractivity contribution in [2.75, 3.05) is 45.3 Å². The second-order valence-corrected chi connectivity index (χ2v) is 8.77. The van der Waals surface area contributed by atoms with Gasteiger partial charge in [0.1, 0.15) is 11.4 Å². The molecule has 0 spiro atoms. The van der Waals surface area contributed by atoms with Gasteiger partial charge in [0.25, 0.3) is 11.8 Å². The van der Waals surface area contributed by atoms with Gasteiger partial charge in [0.2, 0.25) is 5.88 Å². The number of aryl methyl sites for hydroxylation is 1. The number of anilines is 1. The second-order valence-electron chi connectivity index (χ2n) is 8.77. The molecule has 0 saturated carbocycles. The van der Waals surface area contributed by atoms with E-state index in [4.69, 9.17) is 9.47 Å². The summed E-state index contributed by atoms with van der Waals surface area (Å²) in [6.45, 7) is 4.51. The Morgan fingerprint density at radius 3 is 2.83 bits per heavy atom. The maximum atomic E-state index is 13.7. The van der Waals surface area contributed by atoms with Crippen LogP contribution in [0, 0.1) is 0 Å². The first-order chi connectivity index (χ1) is 17.0. The minimum atomic E-state index is -0.214. The minimum Gasteiger partial charge on any atom is -0.493 e. The van der Waals surface area contributed by atoms with E-state index in [9.17, 15) is 9.59 Å². The van der Waals surface area contributed by atoms with Crippen LogP contribution in [-0.2, 0) is 6.42 Å². The molecule has 1 saturated heterocycles. The van der Waals surface area contributed by atoms with Crippen LogP contribution in [0.2, 0.25) is 0 Å². The molecule has 9 heteroatoms. The Labute approximate surface area is 204 Å². The molecule has 9 nitrogen and oxygen atoms in total. The molecular weight excluding hydrogens is 446 g/mol. The van der Waals surface area contributed by atoms with Crippen molar-refractivity contribution in [3.8, 4) is 11.6 Å². The molecule has 182 valence electrons. The first-order valence-corrected chi connectivity index (χ1v) is 11.9. The first kappa shape index (κ1) is 22.9. The summed E-state index contributed by atoms with van der Waals surface area (Å²) in [5.74, 6) is 0.932. The monoisotopic (exact) mass is 475 g/mol. The van der Waals surface area contributed by atoms with Gasteiger partial charge >= 0.3 is 0 Å². The Kier molecular flexibility index (Phi) is 6.15. The molecule has 1 aromatic carbocycles. The number of amides is 2. The summed E-state index contributed by atoms with van der Waals surface area (Å²) in [6, 6.07) is 9.43. The summed E-state index contributed by atoms with van der Waals surface area (Å²) < 4.78 is 11.6. The zero-order valence-corrected chi connectivity index (χ0v) is 20.2. The lowest BCUT2D eigenvalue weighted by atomic mass is 10.0. The van der Waals surface area contributed by atoms with Crippen LogP contribution in [0.5, 0.6) is 11.6 Å². The number of hydrogen-bond donors (Lipinski definition) is 1. The van der Waals surface area contributed by atoms with Crippen molar-refractivity contribution < 1.29 is 19.1 Å². The van der Waals surface area contributed by atoms with Gasteiger partial charge in [-0.15, -0.1) is 0 Å². The number of rotatable bonds is 4.